The molecule has 3 heteroatoms. The number of rotatable bonds is 4. The highest BCUT2D eigenvalue weighted by molar-refractivity contribution is 9.10. The van der Waals surface area contributed by atoms with E-state index in [1.807, 2.05) is 19.1 Å². The van der Waals surface area contributed by atoms with Crippen LogP contribution in [0.5, 0.6) is 0 Å². The van der Waals surface area contributed by atoms with Crippen LogP contribution in [0.1, 0.15) is 24.0 Å². The highest BCUT2D eigenvalue weighted by Gasteiger charge is 2.21. The van der Waals surface area contributed by atoms with E-state index in [-0.39, 0.29) is 5.82 Å². The van der Waals surface area contributed by atoms with Gasteiger partial charge in [0.2, 0.25) is 0 Å². The topological polar surface area (TPSA) is 12.0 Å². The van der Waals surface area contributed by atoms with Crippen molar-refractivity contribution in [2.45, 2.75) is 32.4 Å². The van der Waals surface area contributed by atoms with Gasteiger partial charge >= 0.3 is 0 Å². The molecule has 1 aliphatic rings. The second-order valence-electron chi connectivity index (χ2n) is 5.42. The summed E-state index contributed by atoms with van der Waals surface area (Å²) in [6, 6.07) is 12.4. The fourth-order valence-electron chi connectivity index (χ4n) is 2.35. The van der Waals surface area contributed by atoms with Crippen molar-refractivity contribution in [1.82, 2.24) is 5.32 Å². The maximum Gasteiger partial charge on any atom is 0.145 e. The van der Waals surface area contributed by atoms with Crippen molar-refractivity contribution >= 4 is 15.9 Å². The molecule has 20 heavy (non-hydrogen) atoms. The van der Waals surface area contributed by atoms with E-state index >= 15 is 0 Å². The fraction of sp³-hybridized carbons (Fsp3) is 0.294. The predicted octanol–water partition coefficient (Wildman–Crippen LogP) is 4.82. The molecule has 1 nitrogen and oxygen atoms in total. The summed E-state index contributed by atoms with van der Waals surface area (Å²) in [6.45, 7) is 2.84. The van der Waals surface area contributed by atoms with Crippen molar-refractivity contribution in [3.8, 4) is 11.1 Å². The van der Waals surface area contributed by atoms with E-state index in [0.29, 0.717) is 16.1 Å². The number of hydrogen-bond acceptors (Lipinski definition) is 1. The number of hydrogen-bond donors (Lipinski definition) is 1. The van der Waals surface area contributed by atoms with Crippen LogP contribution in [-0.2, 0) is 6.54 Å². The maximum absolute atomic E-state index is 14.3. The Labute approximate surface area is 127 Å². The van der Waals surface area contributed by atoms with E-state index in [9.17, 15) is 4.39 Å². The van der Waals surface area contributed by atoms with Gasteiger partial charge < -0.3 is 5.32 Å². The molecule has 2 aromatic rings. The average molecular weight is 334 g/mol. The lowest BCUT2D eigenvalue weighted by Gasteiger charge is -2.13. The van der Waals surface area contributed by atoms with Crippen LogP contribution in [-0.4, -0.2) is 6.04 Å². The van der Waals surface area contributed by atoms with E-state index < -0.39 is 0 Å². The van der Waals surface area contributed by atoms with Crippen LogP contribution >= 0.6 is 15.9 Å². The van der Waals surface area contributed by atoms with Gasteiger partial charge in [-0.25, -0.2) is 4.39 Å². The van der Waals surface area contributed by atoms with E-state index in [1.165, 1.54) is 12.8 Å². The summed E-state index contributed by atoms with van der Waals surface area (Å²) >= 11 is 3.27. The molecule has 0 radical (unpaired) electrons. The van der Waals surface area contributed by atoms with Crippen LogP contribution in [0.15, 0.2) is 40.9 Å². The molecule has 0 spiro atoms. The molecule has 0 atom stereocenters. The van der Waals surface area contributed by atoms with Crippen molar-refractivity contribution in [2.24, 2.45) is 0 Å². The van der Waals surface area contributed by atoms with Crippen molar-refractivity contribution in [3.05, 3.63) is 57.8 Å². The largest absolute Gasteiger partial charge is 0.310 e. The van der Waals surface area contributed by atoms with E-state index in [1.54, 1.807) is 6.07 Å². The zero-order valence-electron chi connectivity index (χ0n) is 11.4. The minimum absolute atomic E-state index is 0.189. The van der Waals surface area contributed by atoms with E-state index in [0.717, 1.165) is 23.2 Å². The summed E-state index contributed by atoms with van der Waals surface area (Å²) in [6.07, 6.45) is 2.51. The molecule has 0 amide bonds. The smallest absolute Gasteiger partial charge is 0.145 e. The quantitative estimate of drug-likeness (QED) is 0.846. The molecule has 0 heterocycles. The van der Waals surface area contributed by atoms with Gasteiger partial charge in [0, 0.05) is 18.2 Å². The van der Waals surface area contributed by atoms with Gasteiger partial charge in [0.05, 0.1) is 4.47 Å². The lowest BCUT2D eigenvalue weighted by molar-refractivity contribution is 0.624. The van der Waals surface area contributed by atoms with Crippen LogP contribution in [0, 0.1) is 12.7 Å². The Balaban J connectivity index is 2.01. The highest BCUT2D eigenvalue weighted by Crippen LogP contribution is 2.31. The van der Waals surface area contributed by atoms with Crippen LogP contribution in [0.25, 0.3) is 11.1 Å². The second-order valence-corrected chi connectivity index (χ2v) is 6.27. The molecular formula is C17H17BrFN. The third-order valence-corrected chi connectivity index (χ3v) is 4.28. The normalized spacial score (nSPS) is 14.6. The van der Waals surface area contributed by atoms with Gasteiger partial charge in [0.15, 0.2) is 0 Å². The molecule has 1 fully saturated rings. The third kappa shape index (κ3) is 2.94. The molecule has 3 rings (SSSR count). The SMILES string of the molecule is Cc1ccc(CNC2CC2)c(-c2cccc(Br)c2F)c1. The number of halogens is 2. The number of benzene rings is 2. The highest BCUT2D eigenvalue weighted by atomic mass is 79.9. The summed E-state index contributed by atoms with van der Waals surface area (Å²) in [5, 5.41) is 3.50. The minimum atomic E-state index is -0.189. The molecule has 1 aliphatic carbocycles. The molecule has 1 N–H and O–H groups in total. The standard InChI is InChI=1S/C17H17BrFN/c1-11-5-6-12(10-20-13-7-8-13)15(9-11)14-3-2-4-16(18)17(14)19/h2-6,9,13,20H,7-8,10H2,1H3. The Hall–Kier alpha value is -1.19. The summed E-state index contributed by atoms with van der Waals surface area (Å²) in [5.41, 5.74) is 3.95. The van der Waals surface area contributed by atoms with Gasteiger partial charge in [-0.05, 0) is 52.9 Å². The fourth-order valence-corrected chi connectivity index (χ4v) is 2.71. The lowest BCUT2D eigenvalue weighted by atomic mass is 9.97. The van der Waals surface area contributed by atoms with Gasteiger partial charge in [0.1, 0.15) is 5.82 Å². The van der Waals surface area contributed by atoms with E-state index in [4.69, 9.17) is 0 Å². The zero-order chi connectivity index (χ0) is 14.1. The predicted molar refractivity (Wildman–Crippen MR) is 84.1 cm³/mol. The number of aryl methyl sites for hydroxylation is 1. The Morgan fingerprint density at radius 3 is 2.75 bits per heavy atom. The lowest BCUT2D eigenvalue weighted by Crippen LogP contribution is -2.16. The van der Waals surface area contributed by atoms with Crippen LogP contribution in [0.2, 0.25) is 0 Å². The first kappa shape index (κ1) is 13.8. The van der Waals surface area contributed by atoms with Crippen molar-refractivity contribution in [2.75, 3.05) is 0 Å². The molecule has 1 saturated carbocycles. The van der Waals surface area contributed by atoms with Crippen molar-refractivity contribution in [3.63, 3.8) is 0 Å². The van der Waals surface area contributed by atoms with Gasteiger partial charge in [0.25, 0.3) is 0 Å². The summed E-state index contributed by atoms with van der Waals surface area (Å²) in [7, 11) is 0. The van der Waals surface area contributed by atoms with Crippen LogP contribution in [0.4, 0.5) is 4.39 Å². The minimum Gasteiger partial charge on any atom is -0.310 e. The van der Waals surface area contributed by atoms with Gasteiger partial charge in [-0.2, -0.15) is 0 Å². The first-order valence-corrected chi connectivity index (χ1v) is 7.72. The van der Waals surface area contributed by atoms with Crippen LogP contribution < -0.4 is 5.32 Å². The van der Waals surface area contributed by atoms with E-state index in [2.05, 4.69) is 39.4 Å². The molecular weight excluding hydrogens is 317 g/mol. The van der Waals surface area contributed by atoms with Gasteiger partial charge in [-0.1, -0.05) is 35.9 Å². The maximum atomic E-state index is 14.3. The molecule has 0 unspecified atom stereocenters. The van der Waals surface area contributed by atoms with Gasteiger partial charge in [-0.3, -0.25) is 0 Å². The average Bonchev–Trinajstić information content (AvgIpc) is 3.25. The molecule has 2 aromatic carbocycles. The van der Waals surface area contributed by atoms with Gasteiger partial charge in [-0.15, -0.1) is 0 Å². The first-order valence-electron chi connectivity index (χ1n) is 6.92. The summed E-state index contributed by atoms with van der Waals surface area (Å²) in [5.74, 6) is -0.189. The number of nitrogens with one attached hydrogen (secondary N) is 1. The van der Waals surface area contributed by atoms with Crippen LogP contribution in [0.3, 0.4) is 0 Å². The Kier molecular flexibility index (Phi) is 3.90. The molecule has 0 aromatic heterocycles. The molecule has 0 saturated heterocycles. The summed E-state index contributed by atoms with van der Waals surface area (Å²) < 4.78 is 14.9. The Morgan fingerprint density at radius 2 is 2.00 bits per heavy atom. The molecule has 104 valence electrons. The molecule has 0 aliphatic heterocycles. The van der Waals surface area contributed by atoms with Crippen molar-refractivity contribution < 1.29 is 4.39 Å². The molecule has 0 bridgehead atoms. The second kappa shape index (κ2) is 5.66. The Morgan fingerprint density at radius 1 is 1.20 bits per heavy atom. The van der Waals surface area contributed by atoms with Crippen molar-refractivity contribution in [1.29, 1.82) is 0 Å². The third-order valence-electron chi connectivity index (χ3n) is 3.67. The monoisotopic (exact) mass is 333 g/mol. The first-order chi connectivity index (χ1) is 9.65. The zero-order valence-corrected chi connectivity index (χ0v) is 13.0. The summed E-state index contributed by atoms with van der Waals surface area (Å²) in [4.78, 5) is 0. The Bertz CT molecular complexity index is 635.